The minimum Gasteiger partial charge on any atom is -0.303 e. The van der Waals surface area contributed by atoms with Gasteiger partial charge in [-0.1, -0.05) is 32.4 Å². The van der Waals surface area contributed by atoms with Gasteiger partial charge in [0.25, 0.3) is 0 Å². The van der Waals surface area contributed by atoms with E-state index in [0.29, 0.717) is 5.92 Å². The van der Waals surface area contributed by atoms with E-state index >= 15 is 0 Å². The maximum atomic E-state index is 10.3. The zero-order valence-electron chi connectivity index (χ0n) is 9.62. The second kappa shape index (κ2) is 5.33. The molecule has 2 atom stereocenters. The predicted octanol–water partition coefficient (Wildman–Crippen LogP) is 3.59. The van der Waals surface area contributed by atoms with E-state index in [9.17, 15) is 4.79 Å². The fraction of sp³-hybridized carbons (Fsp3) is 0.769. The fourth-order valence-electron chi connectivity index (χ4n) is 2.31. The van der Waals surface area contributed by atoms with Gasteiger partial charge in [-0.25, -0.2) is 0 Å². The zero-order valence-corrected chi connectivity index (χ0v) is 9.62. The van der Waals surface area contributed by atoms with Gasteiger partial charge in [-0.3, -0.25) is 0 Å². The number of carbonyl (C=O) groups excluding carboxylic acids is 1. The van der Waals surface area contributed by atoms with Gasteiger partial charge in [-0.2, -0.15) is 0 Å². The van der Waals surface area contributed by atoms with Gasteiger partial charge in [0.2, 0.25) is 0 Å². The third kappa shape index (κ3) is 2.97. The second-order valence-electron chi connectivity index (χ2n) is 4.85. The lowest BCUT2D eigenvalue weighted by Crippen LogP contribution is -2.18. The van der Waals surface area contributed by atoms with Crippen LogP contribution in [0.4, 0.5) is 0 Å². The summed E-state index contributed by atoms with van der Waals surface area (Å²) in [4.78, 5) is 10.3. The molecule has 1 nitrogen and oxygen atoms in total. The number of rotatable bonds is 4. The van der Waals surface area contributed by atoms with E-state index in [1.54, 1.807) is 5.57 Å². The van der Waals surface area contributed by atoms with E-state index < -0.39 is 0 Å². The van der Waals surface area contributed by atoms with Crippen LogP contribution in [0.25, 0.3) is 0 Å². The number of carbonyl (C=O) groups is 1. The molecule has 0 aliphatic heterocycles. The van der Waals surface area contributed by atoms with Crippen molar-refractivity contribution in [1.82, 2.24) is 0 Å². The van der Waals surface area contributed by atoms with Crippen molar-refractivity contribution in [3.05, 3.63) is 11.6 Å². The van der Waals surface area contributed by atoms with Crippen molar-refractivity contribution in [3.8, 4) is 0 Å². The van der Waals surface area contributed by atoms with Crippen LogP contribution in [0.15, 0.2) is 11.6 Å². The molecule has 1 heteroatoms. The maximum absolute atomic E-state index is 10.3. The molecule has 0 aromatic heterocycles. The zero-order chi connectivity index (χ0) is 10.6. The van der Waals surface area contributed by atoms with Crippen molar-refractivity contribution in [1.29, 1.82) is 0 Å². The molecule has 0 aromatic rings. The first-order chi connectivity index (χ1) is 6.65. The van der Waals surface area contributed by atoms with E-state index in [0.717, 1.165) is 31.0 Å². The first-order valence-electron chi connectivity index (χ1n) is 5.77. The van der Waals surface area contributed by atoms with Crippen LogP contribution in [0.2, 0.25) is 0 Å². The Balaban J connectivity index is 2.49. The molecule has 0 fully saturated rings. The molecule has 1 aliphatic carbocycles. The molecule has 80 valence electrons. The third-order valence-electron chi connectivity index (χ3n) is 3.44. The lowest BCUT2D eigenvalue weighted by molar-refractivity contribution is -0.108. The summed E-state index contributed by atoms with van der Waals surface area (Å²) < 4.78 is 0. The van der Waals surface area contributed by atoms with Crippen LogP contribution >= 0.6 is 0 Å². The van der Waals surface area contributed by atoms with E-state index in [4.69, 9.17) is 0 Å². The minimum absolute atomic E-state index is 0.699. The molecule has 0 bridgehead atoms. The number of hydrogen-bond donors (Lipinski definition) is 0. The highest BCUT2D eigenvalue weighted by Crippen LogP contribution is 2.34. The predicted molar refractivity (Wildman–Crippen MR) is 60.1 cm³/mol. The summed E-state index contributed by atoms with van der Waals surface area (Å²) in [7, 11) is 0. The lowest BCUT2D eigenvalue weighted by atomic mass is 9.76. The molecule has 0 radical (unpaired) electrons. The Bertz CT molecular complexity index is 215. The van der Waals surface area contributed by atoms with E-state index in [2.05, 4.69) is 26.8 Å². The molecule has 1 rings (SSSR count). The highest BCUT2D eigenvalue weighted by molar-refractivity contribution is 5.49. The van der Waals surface area contributed by atoms with Crippen molar-refractivity contribution >= 4 is 6.29 Å². The third-order valence-corrected chi connectivity index (χ3v) is 3.44. The van der Waals surface area contributed by atoms with Gasteiger partial charge in [0, 0.05) is 6.42 Å². The Morgan fingerprint density at radius 3 is 2.79 bits per heavy atom. The first-order valence-corrected chi connectivity index (χ1v) is 5.77. The normalized spacial score (nSPS) is 27.6. The SMILES string of the molecule is CC(C)C1=CCC(CCC=O)C(C)C1. The second-order valence-corrected chi connectivity index (χ2v) is 4.85. The van der Waals surface area contributed by atoms with Crippen LogP contribution < -0.4 is 0 Å². The number of aldehydes is 1. The van der Waals surface area contributed by atoms with Gasteiger partial charge < -0.3 is 4.79 Å². The van der Waals surface area contributed by atoms with Crippen LogP contribution in [-0.4, -0.2) is 6.29 Å². The number of allylic oxidation sites excluding steroid dienone is 2. The van der Waals surface area contributed by atoms with Crippen LogP contribution in [0.5, 0.6) is 0 Å². The Labute approximate surface area is 87.6 Å². The van der Waals surface area contributed by atoms with Gasteiger partial charge in [-0.15, -0.1) is 0 Å². The summed E-state index contributed by atoms with van der Waals surface area (Å²) in [5, 5.41) is 0. The molecule has 0 amide bonds. The summed E-state index contributed by atoms with van der Waals surface area (Å²) in [5.41, 5.74) is 1.61. The van der Waals surface area contributed by atoms with Crippen molar-refractivity contribution in [3.63, 3.8) is 0 Å². The summed E-state index contributed by atoms with van der Waals surface area (Å²) >= 11 is 0. The average molecular weight is 194 g/mol. The van der Waals surface area contributed by atoms with E-state index in [1.807, 2.05) is 0 Å². The Morgan fingerprint density at radius 1 is 1.57 bits per heavy atom. The van der Waals surface area contributed by atoms with Crippen LogP contribution in [0, 0.1) is 17.8 Å². The molecular formula is C13H22O. The fourth-order valence-corrected chi connectivity index (χ4v) is 2.31. The summed E-state index contributed by atoms with van der Waals surface area (Å²) in [5.74, 6) is 2.20. The molecular weight excluding hydrogens is 172 g/mol. The molecule has 0 heterocycles. The smallest absolute Gasteiger partial charge is 0.120 e. The minimum atomic E-state index is 0.699. The molecule has 0 saturated heterocycles. The van der Waals surface area contributed by atoms with Crippen molar-refractivity contribution in [2.24, 2.45) is 17.8 Å². The molecule has 1 aliphatic rings. The van der Waals surface area contributed by atoms with E-state index in [1.165, 1.54) is 12.8 Å². The Hall–Kier alpha value is -0.590. The molecule has 0 N–H and O–H groups in total. The molecule has 14 heavy (non-hydrogen) atoms. The van der Waals surface area contributed by atoms with Crippen molar-refractivity contribution < 1.29 is 4.79 Å². The van der Waals surface area contributed by atoms with Gasteiger partial charge >= 0.3 is 0 Å². The number of hydrogen-bond acceptors (Lipinski definition) is 1. The van der Waals surface area contributed by atoms with Crippen LogP contribution in [0.1, 0.15) is 46.5 Å². The highest BCUT2D eigenvalue weighted by atomic mass is 16.1. The molecule has 0 aromatic carbocycles. The Kier molecular flexibility index (Phi) is 4.37. The van der Waals surface area contributed by atoms with Crippen LogP contribution in [-0.2, 0) is 4.79 Å². The first kappa shape index (κ1) is 11.5. The van der Waals surface area contributed by atoms with Gasteiger partial charge in [0.15, 0.2) is 0 Å². The maximum Gasteiger partial charge on any atom is 0.120 e. The van der Waals surface area contributed by atoms with Gasteiger partial charge in [0.1, 0.15) is 6.29 Å². The van der Waals surface area contributed by atoms with Crippen molar-refractivity contribution in [2.75, 3.05) is 0 Å². The summed E-state index contributed by atoms with van der Waals surface area (Å²) in [6, 6.07) is 0. The molecule has 2 unspecified atom stereocenters. The molecule has 0 spiro atoms. The largest absolute Gasteiger partial charge is 0.303 e. The monoisotopic (exact) mass is 194 g/mol. The van der Waals surface area contributed by atoms with Gasteiger partial charge in [0.05, 0.1) is 0 Å². The highest BCUT2D eigenvalue weighted by Gasteiger charge is 2.22. The summed E-state index contributed by atoms with van der Waals surface area (Å²) in [6.07, 6.45) is 7.69. The van der Waals surface area contributed by atoms with Crippen LogP contribution in [0.3, 0.4) is 0 Å². The quantitative estimate of drug-likeness (QED) is 0.493. The standard InChI is InChI=1S/C13H22O/c1-10(2)13-7-6-12(5-4-8-14)11(3)9-13/h7-8,10-12H,4-6,9H2,1-3H3. The lowest BCUT2D eigenvalue weighted by Gasteiger charge is -2.29. The van der Waals surface area contributed by atoms with E-state index in [-0.39, 0.29) is 0 Å². The average Bonchev–Trinajstić information content (AvgIpc) is 2.15. The summed E-state index contributed by atoms with van der Waals surface area (Å²) in [6.45, 7) is 6.86. The Morgan fingerprint density at radius 2 is 2.29 bits per heavy atom. The van der Waals surface area contributed by atoms with Crippen molar-refractivity contribution in [2.45, 2.75) is 46.5 Å². The molecule has 0 saturated carbocycles. The van der Waals surface area contributed by atoms with Gasteiger partial charge in [-0.05, 0) is 37.0 Å². The topological polar surface area (TPSA) is 17.1 Å².